The van der Waals surface area contributed by atoms with E-state index in [1.54, 1.807) is 24.3 Å². The molecule has 0 amide bonds. The van der Waals surface area contributed by atoms with E-state index in [1.165, 1.54) is 12.1 Å². The number of benzene rings is 2. The van der Waals surface area contributed by atoms with Crippen molar-refractivity contribution < 1.29 is 24.5 Å². The highest BCUT2D eigenvalue weighted by Gasteiger charge is 2.29. The summed E-state index contributed by atoms with van der Waals surface area (Å²) in [6.07, 6.45) is 4.72. The Morgan fingerprint density at radius 3 is 2.23 bits per heavy atom. The van der Waals surface area contributed by atoms with E-state index in [1.807, 2.05) is 77.1 Å². The van der Waals surface area contributed by atoms with Crippen LogP contribution in [0.25, 0.3) is 22.4 Å². The van der Waals surface area contributed by atoms with Crippen LogP contribution < -0.4 is 5.73 Å². The van der Waals surface area contributed by atoms with E-state index in [9.17, 15) is 19.4 Å². The lowest BCUT2D eigenvalue weighted by molar-refractivity contribution is -0.139. The largest absolute Gasteiger partial charge is 0.481 e. The number of aliphatic carboxylic acids is 1. The zero-order chi connectivity index (χ0) is 32.8. The highest BCUT2D eigenvalue weighted by Crippen LogP contribution is 2.42. The molecule has 3 rings (SSSR count). The molecule has 0 radical (unpaired) electrons. The normalized spacial score (nSPS) is 13.5. The number of aliphatic imine (C=N–C) groups is 1. The second-order valence-corrected chi connectivity index (χ2v) is 10.4. The number of aromatic nitrogens is 1. The van der Waals surface area contributed by atoms with Crippen LogP contribution in [0.1, 0.15) is 71.1 Å². The molecular formula is C36H46FN3O4. The fourth-order valence-electron chi connectivity index (χ4n) is 5.13. The van der Waals surface area contributed by atoms with Crippen molar-refractivity contribution in [2.75, 3.05) is 0 Å². The maximum atomic E-state index is 14.1. The summed E-state index contributed by atoms with van der Waals surface area (Å²) in [6.45, 7) is 14.1. The molecule has 0 spiro atoms. The van der Waals surface area contributed by atoms with Gasteiger partial charge in [-0.2, -0.15) is 0 Å². The van der Waals surface area contributed by atoms with Gasteiger partial charge < -0.3 is 25.6 Å². The van der Waals surface area contributed by atoms with E-state index in [2.05, 4.69) is 11.1 Å². The van der Waals surface area contributed by atoms with Crippen molar-refractivity contribution >= 4 is 11.8 Å². The summed E-state index contributed by atoms with van der Waals surface area (Å²) in [4.78, 5) is 15.8. The molecule has 2 aromatic carbocycles. The van der Waals surface area contributed by atoms with E-state index in [0.29, 0.717) is 18.1 Å². The van der Waals surface area contributed by atoms with Crippen molar-refractivity contribution in [3.8, 4) is 22.4 Å². The average molecular weight is 604 g/mol. The quantitative estimate of drug-likeness (QED) is 0.0867. The fraction of sp³-hybridized carbons (Fsp3) is 0.333. The molecule has 0 bridgehead atoms. The maximum Gasteiger partial charge on any atom is 0.305 e. The summed E-state index contributed by atoms with van der Waals surface area (Å²) in [5, 5.41) is 29.9. The second-order valence-electron chi connectivity index (χ2n) is 10.4. The van der Waals surface area contributed by atoms with Gasteiger partial charge in [-0.1, -0.05) is 76.8 Å². The third-order valence-electron chi connectivity index (χ3n) is 6.80. The molecule has 1 aromatic heterocycles. The number of aliphatic hydroxyl groups excluding tert-OH is 2. The van der Waals surface area contributed by atoms with E-state index < -0.39 is 24.6 Å². The molecule has 0 aliphatic heterocycles. The SMILES string of the molecule is C=C/C=C(\C=C/C)N=C(N)c1c(-c2ccccc2)c(-c2ccc(F)cc2)n(CC[C@@H](O)C[C@@H](O)CC(=O)O)c1C(C)C.CC. The molecule has 8 heteroatoms. The van der Waals surface area contributed by atoms with Gasteiger partial charge >= 0.3 is 5.97 Å². The molecule has 0 aliphatic carbocycles. The number of nitrogens with zero attached hydrogens (tertiary/aromatic N) is 2. The monoisotopic (exact) mass is 603 g/mol. The van der Waals surface area contributed by atoms with Crippen molar-refractivity contribution in [2.45, 2.75) is 78.6 Å². The molecule has 0 aliphatic rings. The molecule has 0 fully saturated rings. The van der Waals surface area contributed by atoms with Gasteiger partial charge in [-0.15, -0.1) is 0 Å². The number of carbonyl (C=O) groups is 1. The number of hydrogen-bond acceptors (Lipinski definition) is 4. The van der Waals surface area contributed by atoms with E-state index in [4.69, 9.17) is 15.8 Å². The van der Waals surface area contributed by atoms with E-state index >= 15 is 0 Å². The lowest BCUT2D eigenvalue weighted by Crippen LogP contribution is -2.23. The fourth-order valence-corrected chi connectivity index (χ4v) is 5.13. The number of amidine groups is 1. The number of nitrogens with two attached hydrogens (primary N) is 1. The highest BCUT2D eigenvalue weighted by atomic mass is 19.1. The molecule has 2 atom stereocenters. The summed E-state index contributed by atoms with van der Waals surface area (Å²) in [6, 6.07) is 16.0. The summed E-state index contributed by atoms with van der Waals surface area (Å²) >= 11 is 0. The van der Waals surface area contributed by atoms with Crippen LogP contribution in [-0.4, -0.2) is 43.9 Å². The van der Waals surface area contributed by atoms with Crippen LogP contribution in [0.15, 0.2) is 96.2 Å². The number of halogens is 1. The van der Waals surface area contributed by atoms with Crippen LogP contribution in [0, 0.1) is 5.82 Å². The van der Waals surface area contributed by atoms with Gasteiger partial charge in [-0.05, 0) is 73.2 Å². The van der Waals surface area contributed by atoms with Gasteiger partial charge in [0.1, 0.15) is 11.7 Å². The zero-order valence-corrected chi connectivity index (χ0v) is 26.4. The van der Waals surface area contributed by atoms with Gasteiger partial charge in [0, 0.05) is 23.4 Å². The number of carboxylic acid groups (broad SMARTS) is 1. The molecule has 5 N–H and O–H groups in total. The minimum absolute atomic E-state index is 0.0336. The van der Waals surface area contributed by atoms with Crippen LogP contribution in [-0.2, 0) is 11.3 Å². The van der Waals surface area contributed by atoms with Crippen LogP contribution in [0.2, 0.25) is 0 Å². The number of rotatable bonds is 14. The summed E-state index contributed by atoms with van der Waals surface area (Å²) in [5.41, 5.74) is 12.3. The summed E-state index contributed by atoms with van der Waals surface area (Å²) < 4.78 is 16.1. The van der Waals surface area contributed by atoms with Gasteiger partial charge in [0.2, 0.25) is 0 Å². The van der Waals surface area contributed by atoms with Crippen LogP contribution in [0.4, 0.5) is 4.39 Å². The number of aliphatic hydroxyl groups is 2. The van der Waals surface area contributed by atoms with Gasteiger partial charge in [0.15, 0.2) is 0 Å². The highest BCUT2D eigenvalue weighted by molar-refractivity contribution is 6.09. The Balaban J connectivity index is 0.00000330. The van der Waals surface area contributed by atoms with Crippen molar-refractivity contribution in [1.82, 2.24) is 4.57 Å². The Hall–Kier alpha value is -4.27. The zero-order valence-electron chi connectivity index (χ0n) is 26.4. The molecule has 44 heavy (non-hydrogen) atoms. The summed E-state index contributed by atoms with van der Waals surface area (Å²) in [5.74, 6) is -1.23. The minimum atomic E-state index is -1.16. The smallest absolute Gasteiger partial charge is 0.305 e. The van der Waals surface area contributed by atoms with Gasteiger partial charge in [-0.25, -0.2) is 9.38 Å². The third-order valence-corrected chi connectivity index (χ3v) is 6.80. The van der Waals surface area contributed by atoms with Gasteiger partial charge in [0.25, 0.3) is 0 Å². The lowest BCUT2D eigenvalue weighted by Gasteiger charge is -2.20. The molecule has 7 nitrogen and oxygen atoms in total. The van der Waals surface area contributed by atoms with Crippen LogP contribution in [0.3, 0.4) is 0 Å². The molecule has 1 heterocycles. The molecule has 236 valence electrons. The van der Waals surface area contributed by atoms with Crippen molar-refractivity contribution in [3.63, 3.8) is 0 Å². The average Bonchev–Trinajstić information content (AvgIpc) is 3.33. The minimum Gasteiger partial charge on any atom is -0.481 e. The number of hydrogen-bond donors (Lipinski definition) is 4. The second kappa shape index (κ2) is 17.8. The first-order valence-electron chi connectivity index (χ1n) is 15.0. The maximum absolute atomic E-state index is 14.1. The summed E-state index contributed by atoms with van der Waals surface area (Å²) in [7, 11) is 0. The van der Waals surface area contributed by atoms with Crippen molar-refractivity contribution in [1.29, 1.82) is 0 Å². The number of carboxylic acids is 1. The topological polar surface area (TPSA) is 121 Å². The van der Waals surface area contributed by atoms with E-state index in [-0.39, 0.29) is 24.6 Å². The number of allylic oxidation sites excluding steroid dienone is 4. The first kappa shape index (κ1) is 35.9. The van der Waals surface area contributed by atoms with Crippen molar-refractivity contribution in [3.05, 3.63) is 108 Å². The Kier molecular flexibility index (Phi) is 14.5. The standard InChI is InChI=1S/C34H40FN3O4.C2H6/c1-5-10-26(11-6-2)37-34(36)31-30(23-12-8-7-9-13-23)33(24-14-16-25(35)17-15-24)38(32(31)22(3)4)19-18-27(39)20-28(40)21-29(41)42;1-2/h5-17,22,27-28,39-40H,1,18-21H2,2-4H3,(H2,36,37)(H,41,42);1-2H3/b11-6-,26-10+;/t27-,28-;/m1./s1. The van der Waals surface area contributed by atoms with E-state index in [0.717, 1.165) is 33.6 Å². The molecular weight excluding hydrogens is 557 g/mol. The van der Waals surface area contributed by atoms with Crippen LogP contribution >= 0.6 is 0 Å². The Bertz CT molecular complexity index is 1450. The van der Waals surface area contributed by atoms with Gasteiger partial charge in [-0.3, -0.25) is 4.79 Å². The first-order valence-corrected chi connectivity index (χ1v) is 15.0. The Morgan fingerprint density at radius 1 is 1.05 bits per heavy atom. The molecule has 0 saturated heterocycles. The van der Waals surface area contributed by atoms with Crippen molar-refractivity contribution in [2.24, 2.45) is 10.7 Å². The van der Waals surface area contributed by atoms with Gasteiger partial charge in [0.05, 0.1) is 30.0 Å². The molecule has 0 saturated carbocycles. The lowest BCUT2D eigenvalue weighted by atomic mass is 9.94. The third kappa shape index (κ3) is 9.62. The first-order chi connectivity index (χ1) is 21.1. The molecule has 0 unspecified atom stereocenters. The molecule has 3 aromatic rings. The van der Waals surface area contributed by atoms with Crippen LogP contribution in [0.5, 0.6) is 0 Å². The predicted molar refractivity (Wildman–Crippen MR) is 178 cm³/mol. The predicted octanol–water partition coefficient (Wildman–Crippen LogP) is 7.44. The Labute approximate surface area is 260 Å². The Morgan fingerprint density at radius 2 is 1.68 bits per heavy atom.